The SMILES string of the molecule is COc1cc(-c2cc3n(n2)CCC[C@H]3NC(=O)c2cc(C(F)(F)F)nn2C)cc(OC)n1. The molecule has 0 unspecified atom stereocenters. The van der Waals surface area contributed by atoms with Gasteiger partial charge >= 0.3 is 6.18 Å². The number of fused-ring (bicyclic) bond motifs is 1. The Kier molecular flexibility index (Phi) is 5.53. The molecule has 170 valence electrons. The van der Waals surface area contributed by atoms with Crippen molar-refractivity contribution in [2.75, 3.05) is 14.2 Å². The highest BCUT2D eigenvalue weighted by Crippen LogP contribution is 2.32. The highest BCUT2D eigenvalue weighted by molar-refractivity contribution is 5.93. The average Bonchev–Trinajstić information content (AvgIpc) is 3.37. The minimum atomic E-state index is -4.62. The minimum Gasteiger partial charge on any atom is -0.481 e. The van der Waals surface area contributed by atoms with Crippen LogP contribution >= 0.6 is 0 Å². The highest BCUT2D eigenvalue weighted by atomic mass is 19.4. The third-order valence-electron chi connectivity index (χ3n) is 5.23. The van der Waals surface area contributed by atoms with Gasteiger partial charge in [0.25, 0.3) is 5.91 Å². The smallest absolute Gasteiger partial charge is 0.435 e. The van der Waals surface area contributed by atoms with Crippen LogP contribution in [0.25, 0.3) is 11.3 Å². The summed E-state index contributed by atoms with van der Waals surface area (Å²) in [6.07, 6.45) is -3.24. The first-order valence-corrected chi connectivity index (χ1v) is 9.80. The fourth-order valence-electron chi connectivity index (χ4n) is 3.66. The van der Waals surface area contributed by atoms with E-state index in [-0.39, 0.29) is 5.69 Å². The molecule has 4 rings (SSSR count). The molecule has 0 saturated carbocycles. The molecule has 0 radical (unpaired) electrons. The van der Waals surface area contributed by atoms with E-state index in [1.54, 1.807) is 16.8 Å². The summed E-state index contributed by atoms with van der Waals surface area (Å²) in [5, 5.41) is 10.8. The van der Waals surface area contributed by atoms with Gasteiger partial charge in [-0.3, -0.25) is 14.2 Å². The van der Waals surface area contributed by atoms with Gasteiger partial charge in [0.2, 0.25) is 11.8 Å². The summed E-state index contributed by atoms with van der Waals surface area (Å²) in [5.74, 6) is 0.0997. The number of halogens is 3. The van der Waals surface area contributed by atoms with E-state index in [0.29, 0.717) is 30.4 Å². The first-order valence-electron chi connectivity index (χ1n) is 9.80. The molecule has 32 heavy (non-hydrogen) atoms. The van der Waals surface area contributed by atoms with Gasteiger partial charge in [-0.1, -0.05) is 0 Å². The lowest BCUT2D eigenvalue weighted by molar-refractivity contribution is -0.141. The van der Waals surface area contributed by atoms with Gasteiger partial charge in [-0.15, -0.1) is 0 Å². The number of carbonyl (C=O) groups is 1. The molecule has 1 atom stereocenters. The van der Waals surface area contributed by atoms with Crippen LogP contribution in [0, 0.1) is 0 Å². The number of pyridine rings is 1. The van der Waals surface area contributed by atoms with Crippen LogP contribution < -0.4 is 14.8 Å². The predicted octanol–water partition coefficient (Wildman–Crippen LogP) is 2.98. The van der Waals surface area contributed by atoms with E-state index in [2.05, 4.69) is 20.5 Å². The molecule has 0 spiro atoms. The van der Waals surface area contributed by atoms with E-state index in [0.717, 1.165) is 28.4 Å². The van der Waals surface area contributed by atoms with Gasteiger partial charge in [0.05, 0.1) is 31.6 Å². The Morgan fingerprint density at radius 3 is 2.41 bits per heavy atom. The molecule has 4 heterocycles. The quantitative estimate of drug-likeness (QED) is 0.642. The third-order valence-corrected chi connectivity index (χ3v) is 5.23. The van der Waals surface area contributed by atoms with Gasteiger partial charge in [-0.25, -0.2) is 0 Å². The van der Waals surface area contributed by atoms with E-state index >= 15 is 0 Å². The molecule has 0 aliphatic carbocycles. The summed E-state index contributed by atoms with van der Waals surface area (Å²) in [4.78, 5) is 16.9. The molecule has 0 aromatic carbocycles. The van der Waals surface area contributed by atoms with Crippen LogP contribution in [-0.2, 0) is 19.8 Å². The van der Waals surface area contributed by atoms with Crippen molar-refractivity contribution in [3.05, 3.63) is 41.3 Å². The summed E-state index contributed by atoms with van der Waals surface area (Å²) in [7, 11) is 4.30. The van der Waals surface area contributed by atoms with E-state index in [1.165, 1.54) is 21.3 Å². The van der Waals surface area contributed by atoms with Crippen molar-refractivity contribution in [3.63, 3.8) is 0 Å². The summed E-state index contributed by atoms with van der Waals surface area (Å²) in [5.41, 5.74) is 0.842. The Labute approximate surface area is 181 Å². The normalized spacial score (nSPS) is 15.9. The number of rotatable bonds is 5. The molecule has 1 amide bonds. The Balaban J connectivity index is 1.61. The number of alkyl halides is 3. The first kappa shape index (κ1) is 21.7. The topological polar surface area (TPSA) is 96.1 Å². The van der Waals surface area contributed by atoms with E-state index in [4.69, 9.17) is 9.47 Å². The van der Waals surface area contributed by atoms with E-state index < -0.39 is 23.8 Å². The van der Waals surface area contributed by atoms with E-state index in [1.807, 2.05) is 6.07 Å². The van der Waals surface area contributed by atoms with Crippen LogP contribution in [-0.4, -0.2) is 44.7 Å². The number of nitrogens with one attached hydrogen (secondary N) is 1. The number of amides is 1. The number of hydrogen-bond donors (Lipinski definition) is 1. The number of nitrogens with zero attached hydrogens (tertiary/aromatic N) is 5. The maximum absolute atomic E-state index is 12.9. The second-order valence-corrected chi connectivity index (χ2v) is 7.32. The predicted molar refractivity (Wildman–Crippen MR) is 106 cm³/mol. The van der Waals surface area contributed by atoms with Crippen molar-refractivity contribution < 1.29 is 27.4 Å². The van der Waals surface area contributed by atoms with Crippen molar-refractivity contribution in [2.24, 2.45) is 7.05 Å². The van der Waals surface area contributed by atoms with Crippen molar-refractivity contribution >= 4 is 5.91 Å². The summed E-state index contributed by atoms with van der Waals surface area (Å²) >= 11 is 0. The lowest BCUT2D eigenvalue weighted by Crippen LogP contribution is -2.33. The first-order chi connectivity index (χ1) is 15.2. The maximum Gasteiger partial charge on any atom is 0.435 e. The molecule has 1 aliphatic rings. The molecular weight excluding hydrogens is 429 g/mol. The largest absolute Gasteiger partial charge is 0.481 e. The van der Waals surface area contributed by atoms with Crippen LogP contribution in [0.5, 0.6) is 11.8 Å². The minimum absolute atomic E-state index is 0.169. The monoisotopic (exact) mass is 450 g/mol. The number of hydrogen-bond acceptors (Lipinski definition) is 6. The molecule has 12 heteroatoms. The molecule has 1 aliphatic heterocycles. The van der Waals surface area contributed by atoms with Gasteiger partial charge in [0.1, 0.15) is 5.69 Å². The van der Waals surface area contributed by atoms with Gasteiger partial charge < -0.3 is 14.8 Å². The summed E-state index contributed by atoms with van der Waals surface area (Å²) in [6.45, 7) is 0.658. The molecule has 0 bridgehead atoms. The van der Waals surface area contributed by atoms with Gasteiger partial charge in [0.15, 0.2) is 5.69 Å². The Morgan fingerprint density at radius 2 is 1.81 bits per heavy atom. The number of aryl methyl sites for hydroxylation is 2. The number of carbonyl (C=O) groups excluding carboxylic acids is 1. The standard InChI is InChI=1S/C20H21F3N6O3/c1-28-15(10-16(27-28)20(21,22)23)19(30)24-12-5-4-6-29-14(12)9-13(26-29)11-7-17(31-2)25-18(8-11)32-3/h7-10,12H,4-6H2,1-3H3,(H,24,30)/t12-/m1/s1. The lowest BCUT2D eigenvalue weighted by atomic mass is 10.0. The maximum atomic E-state index is 12.9. The summed E-state index contributed by atoms with van der Waals surface area (Å²) < 4.78 is 51.9. The van der Waals surface area contributed by atoms with E-state index in [9.17, 15) is 18.0 Å². The fourth-order valence-corrected chi connectivity index (χ4v) is 3.66. The zero-order chi connectivity index (χ0) is 23.0. The van der Waals surface area contributed by atoms with Gasteiger partial charge in [0, 0.05) is 37.4 Å². The highest BCUT2D eigenvalue weighted by Gasteiger charge is 2.36. The van der Waals surface area contributed by atoms with Crippen molar-refractivity contribution in [2.45, 2.75) is 31.6 Å². The average molecular weight is 450 g/mol. The van der Waals surface area contributed by atoms with Crippen LogP contribution in [0.4, 0.5) is 13.2 Å². The van der Waals surface area contributed by atoms with Crippen molar-refractivity contribution in [1.29, 1.82) is 0 Å². The second-order valence-electron chi connectivity index (χ2n) is 7.32. The third kappa shape index (κ3) is 4.12. The van der Waals surface area contributed by atoms with Crippen molar-refractivity contribution in [3.8, 4) is 23.0 Å². The number of ether oxygens (including phenoxy) is 2. The molecule has 0 saturated heterocycles. The van der Waals surface area contributed by atoms with Crippen LogP contribution in [0.3, 0.4) is 0 Å². The molecule has 0 fully saturated rings. The number of methoxy groups -OCH3 is 2. The molecule has 9 nitrogen and oxygen atoms in total. The van der Waals surface area contributed by atoms with Gasteiger partial charge in [-0.2, -0.15) is 28.4 Å². The fraction of sp³-hybridized carbons (Fsp3) is 0.400. The van der Waals surface area contributed by atoms with Crippen LogP contribution in [0.2, 0.25) is 0 Å². The Bertz CT molecular complexity index is 1130. The molecular formula is C20H21F3N6O3. The summed E-state index contributed by atoms with van der Waals surface area (Å²) in [6, 6.07) is 5.61. The zero-order valence-corrected chi connectivity index (χ0v) is 17.6. The molecule has 1 N–H and O–H groups in total. The Hall–Kier alpha value is -3.57. The molecule has 3 aromatic rings. The molecule has 3 aromatic heterocycles. The van der Waals surface area contributed by atoms with Crippen LogP contribution in [0.1, 0.15) is 40.8 Å². The number of aromatic nitrogens is 5. The zero-order valence-electron chi connectivity index (χ0n) is 17.6. The van der Waals surface area contributed by atoms with Crippen LogP contribution in [0.15, 0.2) is 24.3 Å². The van der Waals surface area contributed by atoms with Crippen molar-refractivity contribution in [1.82, 2.24) is 29.9 Å². The Morgan fingerprint density at radius 1 is 1.12 bits per heavy atom. The second kappa shape index (κ2) is 8.17. The van der Waals surface area contributed by atoms with Gasteiger partial charge in [-0.05, 0) is 18.9 Å². The lowest BCUT2D eigenvalue weighted by Gasteiger charge is -2.24.